The number of aliphatic imine (C=N–C) groups is 1. The molecular weight excluding hydrogens is 203 g/mol. The van der Waals surface area contributed by atoms with Crippen molar-refractivity contribution in [1.82, 2.24) is 5.32 Å². The van der Waals surface area contributed by atoms with Crippen molar-refractivity contribution in [1.29, 1.82) is 0 Å². The molecule has 3 heteroatoms. The van der Waals surface area contributed by atoms with Gasteiger partial charge in [0.15, 0.2) is 0 Å². The van der Waals surface area contributed by atoms with E-state index in [0.29, 0.717) is 6.04 Å². The van der Waals surface area contributed by atoms with Gasteiger partial charge in [-0.15, -0.1) is 0 Å². The molecule has 1 heterocycles. The summed E-state index contributed by atoms with van der Waals surface area (Å²) in [6, 6.07) is 3.45. The molecule has 1 unspecified atom stereocenters. The Labute approximate surface area is 95.6 Å². The van der Waals surface area contributed by atoms with Crippen LogP contribution >= 0.6 is 0 Å². The molecule has 86 valence electrons. The first-order chi connectivity index (χ1) is 7.61. The maximum atomic E-state index is 13.5. The van der Waals surface area contributed by atoms with Crippen molar-refractivity contribution in [2.45, 2.75) is 33.2 Å². The van der Waals surface area contributed by atoms with E-state index in [4.69, 9.17) is 0 Å². The van der Waals surface area contributed by atoms with Crippen molar-refractivity contribution in [2.75, 3.05) is 6.54 Å². The normalized spacial score (nSPS) is 20.0. The number of nitrogens with one attached hydrogen (secondary N) is 1. The molecule has 0 aromatic heterocycles. The molecule has 1 N–H and O–H groups in total. The van der Waals surface area contributed by atoms with Gasteiger partial charge in [0, 0.05) is 18.3 Å². The predicted molar refractivity (Wildman–Crippen MR) is 64.9 cm³/mol. The van der Waals surface area contributed by atoms with Crippen LogP contribution in [0, 0.1) is 12.7 Å². The second-order valence-corrected chi connectivity index (χ2v) is 4.30. The Morgan fingerprint density at radius 1 is 1.56 bits per heavy atom. The van der Waals surface area contributed by atoms with E-state index in [1.165, 1.54) is 6.07 Å². The summed E-state index contributed by atoms with van der Waals surface area (Å²) in [4.78, 5) is 4.46. The van der Waals surface area contributed by atoms with Gasteiger partial charge in [-0.1, -0.05) is 6.92 Å². The van der Waals surface area contributed by atoms with Gasteiger partial charge >= 0.3 is 0 Å². The highest BCUT2D eigenvalue weighted by molar-refractivity contribution is 5.84. The van der Waals surface area contributed by atoms with Crippen molar-refractivity contribution in [3.05, 3.63) is 29.1 Å². The van der Waals surface area contributed by atoms with Crippen LogP contribution in [0.25, 0.3) is 0 Å². The van der Waals surface area contributed by atoms with Crippen LogP contribution in [0.15, 0.2) is 17.1 Å². The van der Waals surface area contributed by atoms with E-state index in [0.717, 1.165) is 35.5 Å². The first-order valence-corrected chi connectivity index (χ1v) is 5.69. The molecule has 0 amide bonds. The summed E-state index contributed by atoms with van der Waals surface area (Å²) in [5.74, 6) is -0.197. The van der Waals surface area contributed by atoms with Gasteiger partial charge in [0.05, 0.1) is 5.69 Å². The summed E-state index contributed by atoms with van der Waals surface area (Å²) in [7, 11) is 0. The van der Waals surface area contributed by atoms with Crippen LogP contribution < -0.4 is 5.32 Å². The molecule has 1 aliphatic rings. The average molecular weight is 220 g/mol. The Kier molecular flexibility index (Phi) is 3.06. The zero-order chi connectivity index (χ0) is 11.7. The molecule has 1 fully saturated rings. The molecule has 1 saturated heterocycles. The first kappa shape index (κ1) is 11.3. The highest BCUT2D eigenvalue weighted by atomic mass is 19.1. The van der Waals surface area contributed by atoms with Gasteiger partial charge in [-0.3, -0.25) is 4.99 Å². The molecule has 0 saturated carbocycles. The largest absolute Gasteiger partial charge is 0.307 e. The molecule has 1 aromatic rings. The molecule has 1 aliphatic heterocycles. The zero-order valence-electron chi connectivity index (χ0n) is 9.97. The molecule has 16 heavy (non-hydrogen) atoms. The van der Waals surface area contributed by atoms with Crippen molar-refractivity contribution in [2.24, 2.45) is 4.99 Å². The minimum atomic E-state index is -0.197. The maximum Gasteiger partial charge on any atom is 0.125 e. The lowest BCUT2D eigenvalue weighted by atomic mass is 10.0. The third kappa shape index (κ3) is 2.30. The number of benzene rings is 1. The Bertz CT molecular complexity index is 434. The van der Waals surface area contributed by atoms with Crippen molar-refractivity contribution in [3.8, 4) is 0 Å². The fourth-order valence-electron chi connectivity index (χ4n) is 1.73. The SMILES string of the molecule is CCC(C)=Nc1cc(F)cc(C2CN2)c1C. The van der Waals surface area contributed by atoms with Crippen LogP contribution in [-0.2, 0) is 0 Å². The lowest BCUT2D eigenvalue weighted by Crippen LogP contribution is -1.94. The van der Waals surface area contributed by atoms with E-state index in [1.807, 2.05) is 13.8 Å². The molecular formula is C13H17FN2. The highest BCUT2D eigenvalue weighted by Gasteiger charge is 2.25. The lowest BCUT2D eigenvalue weighted by Gasteiger charge is -2.08. The summed E-state index contributed by atoms with van der Waals surface area (Å²) in [5.41, 5.74) is 3.93. The zero-order valence-corrected chi connectivity index (χ0v) is 9.97. The summed E-state index contributed by atoms with van der Waals surface area (Å²) in [6.45, 7) is 6.98. The standard InChI is InChI=1S/C13H17FN2/c1-4-8(2)16-12-6-10(14)5-11(9(12)3)13-7-15-13/h5-6,13,15H,4,7H2,1-3H3. The van der Waals surface area contributed by atoms with Crippen molar-refractivity contribution >= 4 is 11.4 Å². The molecule has 2 rings (SSSR count). The van der Waals surface area contributed by atoms with Gasteiger partial charge < -0.3 is 5.32 Å². The quantitative estimate of drug-likeness (QED) is 0.615. The van der Waals surface area contributed by atoms with Gasteiger partial charge in [-0.05, 0) is 43.5 Å². The van der Waals surface area contributed by atoms with Gasteiger partial charge in [0.25, 0.3) is 0 Å². The van der Waals surface area contributed by atoms with E-state index < -0.39 is 0 Å². The molecule has 0 bridgehead atoms. The first-order valence-electron chi connectivity index (χ1n) is 5.69. The maximum absolute atomic E-state index is 13.5. The Morgan fingerprint density at radius 2 is 2.25 bits per heavy atom. The van der Waals surface area contributed by atoms with Crippen molar-refractivity contribution < 1.29 is 4.39 Å². The number of hydrogen-bond donors (Lipinski definition) is 1. The van der Waals surface area contributed by atoms with Crippen LogP contribution in [0.3, 0.4) is 0 Å². The fraction of sp³-hybridized carbons (Fsp3) is 0.462. The van der Waals surface area contributed by atoms with Crippen LogP contribution in [0.5, 0.6) is 0 Å². The molecule has 1 aromatic carbocycles. The molecule has 0 aliphatic carbocycles. The van der Waals surface area contributed by atoms with Crippen LogP contribution in [0.4, 0.5) is 10.1 Å². The monoisotopic (exact) mass is 220 g/mol. The summed E-state index contributed by atoms with van der Waals surface area (Å²) >= 11 is 0. The Hall–Kier alpha value is -1.22. The van der Waals surface area contributed by atoms with Crippen LogP contribution in [0.1, 0.15) is 37.4 Å². The van der Waals surface area contributed by atoms with E-state index in [9.17, 15) is 4.39 Å². The van der Waals surface area contributed by atoms with Crippen LogP contribution in [-0.4, -0.2) is 12.3 Å². The smallest absolute Gasteiger partial charge is 0.125 e. The van der Waals surface area contributed by atoms with E-state index in [1.54, 1.807) is 6.07 Å². The molecule has 0 spiro atoms. The molecule has 2 nitrogen and oxygen atoms in total. The van der Waals surface area contributed by atoms with Crippen molar-refractivity contribution in [3.63, 3.8) is 0 Å². The van der Waals surface area contributed by atoms with E-state index >= 15 is 0 Å². The van der Waals surface area contributed by atoms with Gasteiger partial charge in [0.2, 0.25) is 0 Å². The predicted octanol–water partition coefficient (Wildman–Crippen LogP) is 3.28. The second kappa shape index (κ2) is 4.34. The fourth-order valence-corrected chi connectivity index (χ4v) is 1.73. The van der Waals surface area contributed by atoms with E-state index in [2.05, 4.69) is 17.2 Å². The third-order valence-corrected chi connectivity index (χ3v) is 2.99. The number of hydrogen-bond acceptors (Lipinski definition) is 2. The highest BCUT2D eigenvalue weighted by Crippen LogP contribution is 2.32. The Balaban J connectivity index is 2.44. The minimum Gasteiger partial charge on any atom is -0.307 e. The summed E-state index contributed by atoms with van der Waals surface area (Å²) < 4.78 is 13.5. The second-order valence-electron chi connectivity index (χ2n) is 4.30. The van der Waals surface area contributed by atoms with Gasteiger partial charge in [0.1, 0.15) is 5.82 Å². The molecule has 1 atom stereocenters. The third-order valence-electron chi connectivity index (χ3n) is 2.99. The van der Waals surface area contributed by atoms with Gasteiger partial charge in [-0.25, -0.2) is 4.39 Å². The van der Waals surface area contributed by atoms with Crippen LogP contribution in [0.2, 0.25) is 0 Å². The molecule has 0 radical (unpaired) electrons. The Morgan fingerprint density at radius 3 is 2.81 bits per heavy atom. The number of halogens is 1. The summed E-state index contributed by atoms with van der Waals surface area (Å²) in [5, 5.41) is 3.20. The minimum absolute atomic E-state index is 0.197. The van der Waals surface area contributed by atoms with E-state index in [-0.39, 0.29) is 5.82 Å². The van der Waals surface area contributed by atoms with Gasteiger partial charge in [-0.2, -0.15) is 0 Å². The number of rotatable bonds is 3. The number of nitrogens with zero attached hydrogens (tertiary/aromatic N) is 1. The average Bonchev–Trinajstić information content (AvgIpc) is 3.06. The summed E-state index contributed by atoms with van der Waals surface area (Å²) in [6.07, 6.45) is 0.896. The topological polar surface area (TPSA) is 34.3 Å². The lowest BCUT2D eigenvalue weighted by molar-refractivity contribution is 0.625.